The first-order chi connectivity index (χ1) is 11.6. The Bertz CT molecular complexity index is 604. The maximum Gasteiger partial charge on any atom is 0.274 e. The summed E-state index contributed by atoms with van der Waals surface area (Å²) >= 11 is 0. The fraction of sp³-hybridized carbons (Fsp3) is 0.824. The van der Waals surface area contributed by atoms with Gasteiger partial charge in [-0.3, -0.25) is 9.69 Å². The molecule has 2 saturated heterocycles. The summed E-state index contributed by atoms with van der Waals surface area (Å²) in [5, 5.41) is 15.0. The molecule has 1 amide bonds. The number of hydrogen-bond donors (Lipinski definition) is 2. The summed E-state index contributed by atoms with van der Waals surface area (Å²) in [7, 11) is 0. The Kier molecular flexibility index (Phi) is 4.30. The van der Waals surface area contributed by atoms with Crippen molar-refractivity contribution in [2.24, 2.45) is 0 Å². The van der Waals surface area contributed by atoms with Crippen LogP contribution in [0.4, 0.5) is 0 Å². The van der Waals surface area contributed by atoms with Crippen molar-refractivity contribution in [1.29, 1.82) is 0 Å². The molecule has 3 heterocycles. The quantitative estimate of drug-likeness (QED) is 0.856. The van der Waals surface area contributed by atoms with Crippen LogP contribution >= 0.6 is 0 Å². The average Bonchev–Trinajstić information content (AvgIpc) is 3.25. The maximum atomic E-state index is 12.7. The minimum absolute atomic E-state index is 0.0671. The molecule has 0 radical (unpaired) electrons. The van der Waals surface area contributed by atoms with Crippen LogP contribution in [-0.2, 0) is 0 Å². The zero-order chi connectivity index (χ0) is 16.7. The molecule has 2 aliphatic heterocycles. The van der Waals surface area contributed by atoms with E-state index >= 15 is 0 Å². The van der Waals surface area contributed by atoms with Gasteiger partial charge in [0, 0.05) is 24.7 Å². The standard InChI is InChI=1S/C17H28N6O/c1-11-9-13(10-22(11)14-3-4-14)19-17(24)16-12(2)23(21-20-16)15-5-7-18-8-6-15/h11,13-15,18H,3-10H2,1-2H3,(H,19,24). The largest absolute Gasteiger partial charge is 0.346 e. The fourth-order valence-electron chi connectivity index (χ4n) is 4.28. The first-order valence-electron chi connectivity index (χ1n) is 9.32. The van der Waals surface area contributed by atoms with E-state index in [1.54, 1.807) is 0 Å². The smallest absolute Gasteiger partial charge is 0.274 e. The molecule has 1 aromatic heterocycles. The molecule has 1 saturated carbocycles. The number of amides is 1. The molecule has 3 fully saturated rings. The predicted molar refractivity (Wildman–Crippen MR) is 91.0 cm³/mol. The van der Waals surface area contributed by atoms with Crippen LogP contribution in [-0.4, -0.2) is 63.6 Å². The highest BCUT2D eigenvalue weighted by Gasteiger charge is 2.39. The first kappa shape index (κ1) is 16.0. The number of carbonyl (C=O) groups is 1. The Labute approximate surface area is 143 Å². The number of rotatable bonds is 4. The van der Waals surface area contributed by atoms with Gasteiger partial charge in [-0.15, -0.1) is 5.10 Å². The van der Waals surface area contributed by atoms with Gasteiger partial charge in [0.2, 0.25) is 0 Å². The highest BCUT2D eigenvalue weighted by Crippen LogP contribution is 2.33. The summed E-state index contributed by atoms with van der Waals surface area (Å²) in [5.74, 6) is -0.0671. The highest BCUT2D eigenvalue weighted by atomic mass is 16.2. The van der Waals surface area contributed by atoms with Gasteiger partial charge in [0.1, 0.15) is 0 Å². The van der Waals surface area contributed by atoms with Gasteiger partial charge < -0.3 is 10.6 Å². The average molecular weight is 332 g/mol. The number of piperidine rings is 1. The van der Waals surface area contributed by atoms with Crippen molar-refractivity contribution in [1.82, 2.24) is 30.5 Å². The third-order valence-corrected chi connectivity index (χ3v) is 5.77. The highest BCUT2D eigenvalue weighted by molar-refractivity contribution is 5.93. The zero-order valence-corrected chi connectivity index (χ0v) is 14.7. The summed E-state index contributed by atoms with van der Waals surface area (Å²) in [6.45, 7) is 7.21. The van der Waals surface area contributed by atoms with Crippen LogP contribution in [0.5, 0.6) is 0 Å². The molecule has 0 spiro atoms. The van der Waals surface area contributed by atoms with Crippen LogP contribution in [0.2, 0.25) is 0 Å². The first-order valence-corrected chi connectivity index (χ1v) is 9.32. The van der Waals surface area contributed by atoms with Crippen molar-refractivity contribution in [3.05, 3.63) is 11.4 Å². The van der Waals surface area contributed by atoms with E-state index in [0.717, 1.165) is 50.6 Å². The molecule has 24 heavy (non-hydrogen) atoms. The Hall–Kier alpha value is -1.47. The van der Waals surface area contributed by atoms with E-state index in [-0.39, 0.29) is 11.9 Å². The molecule has 0 bridgehead atoms. The lowest BCUT2D eigenvalue weighted by Crippen LogP contribution is -2.38. The summed E-state index contributed by atoms with van der Waals surface area (Å²) in [5.41, 5.74) is 1.38. The second-order valence-corrected chi connectivity index (χ2v) is 7.63. The minimum atomic E-state index is -0.0671. The number of carbonyl (C=O) groups excluding carboxylic acids is 1. The summed E-state index contributed by atoms with van der Waals surface area (Å²) in [6.07, 6.45) is 5.75. The van der Waals surface area contributed by atoms with E-state index in [1.165, 1.54) is 12.8 Å². The molecule has 2 unspecified atom stereocenters. The molecule has 7 nitrogen and oxygen atoms in total. The lowest BCUT2D eigenvalue weighted by Gasteiger charge is -2.23. The van der Waals surface area contributed by atoms with Crippen molar-refractivity contribution in [2.45, 2.75) is 70.1 Å². The van der Waals surface area contributed by atoms with Gasteiger partial charge in [-0.25, -0.2) is 4.68 Å². The minimum Gasteiger partial charge on any atom is -0.346 e. The van der Waals surface area contributed by atoms with E-state index in [2.05, 4.69) is 32.8 Å². The fourth-order valence-corrected chi connectivity index (χ4v) is 4.28. The SMILES string of the molecule is Cc1c(C(=O)NC2CC(C)N(C3CC3)C2)nnn1C1CCNCC1. The van der Waals surface area contributed by atoms with Gasteiger partial charge in [-0.05, 0) is 59.0 Å². The molecule has 0 aromatic carbocycles. The van der Waals surface area contributed by atoms with E-state index in [4.69, 9.17) is 0 Å². The van der Waals surface area contributed by atoms with Crippen molar-refractivity contribution in [3.63, 3.8) is 0 Å². The van der Waals surface area contributed by atoms with Crippen LogP contribution in [0.3, 0.4) is 0 Å². The molecule has 2 atom stereocenters. The molecule has 1 aliphatic carbocycles. The predicted octanol–water partition coefficient (Wildman–Crippen LogP) is 0.866. The molecular formula is C17H28N6O. The van der Waals surface area contributed by atoms with Gasteiger partial charge in [-0.2, -0.15) is 0 Å². The van der Waals surface area contributed by atoms with Crippen molar-refractivity contribution >= 4 is 5.91 Å². The van der Waals surface area contributed by atoms with Crippen molar-refractivity contribution in [2.75, 3.05) is 19.6 Å². The van der Waals surface area contributed by atoms with Gasteiger partial charge >= 0.3 is 0 Å². The molecule has 2 N–H and O–H groups in total. The second kappa shape index (κ2) is 6.44. The molecule has 132 valence electrons. The van der Waals surface area contributed by atoms with Crippen LogP contribution in [0, 0.1) is 6.92 Å². The summed E-state index contributed by atoms with van der Waals surface area (Å²) in [4.78, 5) is 15.2. The number of likely N-dealkylation sites (tertiary alicyclic amines) is 1. The number of nitrogens with zero attached hydrogens (tertiary/aromatic N) is 4. The van der Waals surface area contributed by atoms with Crippen LogP contribution in [0.25, 0.3) is 0 Å². The molecule has 3 aliphatic rings. The molecule has 7 heteroatoms. The van der Waals surface area contributed by atoms with Crippen molar-refractivity contribution < 1.29 is 4.79 Å². The van der Waals surface area contributed by atoms with Gasteiger partial charge in [0.15, 0.2) is 5.69 Å². The Morgan fingerprint density at radius 3 is 2.67 bits per heavy atom. The third kappa shape index (κ3) is 3.07. The van der Waals surface area contributed by atoms with Gasteiger partial charge in [0.05, 0.1) is 11.7 Å². The lowest BCUT2D eigenvalue weighted by atomic mass is 10.1. The molecule has 4 rings (SSSR count). The number of hydrogen-bond acceptors (Lipinski definition) is 5. The van der Waals surface area contributed by atoms with E-state index in [1.807, 2.05) is 11.6 Å². The Morgan fingerprint density at radius 2 is 1.96 bits per heavy atom. The molecular weight excluding hydrogens is 304 g/mol. The van der Waals surface area contributed by atoms with E-state index < -0.39 is 0 Å². The van der Waals surface area contributed by atoms with Crippen LogP contribution in [0.1, 0.15) is 61.3 Å². The lowest BCUT2D eigenvalue weighted by molar-refractivity contribution is 0.0931. The third-order valence-electron chi connectivity index (χ3n) is 5.77. The van der Waals surface area contributed by atoms with Gasteiger partial charge in [0.25, 0.3) is 5.91 Å². The van der Waals surface area contributed by atoms with Crippen LogP contribution < -0.4 is 10.6 Å². The molecule has 1 aromatic rings. The Morgan fingerprint density at radius 1 is 1.21 bits per heavy atom. The summed E-state index contributed by atoms with van der Waals surface area (Å²) < 4.78 is 1.95. The van der Waals surface area contributed by atoms with Crippen LogP contribution in [0.15, 0.2) is 0 Å². The van der Waals surface area contributed by atoms with Gasteiger partial charge in [-0.1, -0.05) is 5.21 Å². The van der Waals surface area contributed by atoms with E-state index in [9.17, 15) is 4.79 Å². The van der Waals surface area contributed by atoms with E-state index in [0.29, 0.717) is 17.8 Å². The zero-order valence-electron chi connectivity index (χ0n) is 14.7. The summed E-state index contributed by atoms with van der Waals surface area (Å²) in [6, 6.07) is 1.91. The Balaban J connectivity index is 1.40. The maximum absolute atomic E-state index is 12.7. The monoisotopic (exact) mass is 332 g/mol. The second-order valence-electron chi connectivity index (χ2n) is 7.63. The van der Waals surface area contributed by atoms with Crippen molar-refractivity contribution in [3.8, 4) is 0 Å². The topological polar surface area (TPSA) is 75.1 Å². The number of nitrogens with one attached hydrogen (secondary N) is 2. The normalized spacial score (nSPS) is 29.1. The number of aromatic nitrogens is 3.